The summed E-state index contributed by atoms with van der Waals surface area (Å²) in [5, 5.41) is 4.29. The van der Waals surface area contributed by atoms with Crippen molar-refractivity contribution in [3.8, 4) is 16.9 Å². The average molecular weight is 358 g/mol. The Morgan fingerprint density at radius 1 is 1.15 bits per heavy atom. The minimum absolute atomic E-state index is 0.641. The normalized spacial score (nSPS) is 11.2. The average Bonchev–Trinajstić information content (AvgIpc) is 3.06. The molecule has 0 amide bonds. The van der Waals surface area contributed by atoms with E-state index in [0.717, 1.165) is 33.5 Å². The van der Waals surface area contributed by atoms with Crippen LogP contribution in [0.25, 0.3) is 22.2 Å². The van der Waals surface area contributed by atoms with Crippen molar-refractivity contribution < 1.29 is 4.74 Å². The zero-order valence-electron chi connectivity index (χ0n) is 15.0. The number of nitrogens with one attached hydrogen (secondary N) is 1. The Balaban J connectivity index is 1.71. The van der Waals surface area contributed by atoms with E-state index in [1.54, 1.807) is 25.7 Å². The molecule has 7 nitrogen and oxygen atoms in total. The Hall–Kier alpha value is -3.74. The molecular weight excluding hydrogens is 340 g/mol. The summed E-state index contributed by atoms with van der Waals surface area (Å²) in [7, 11) is 3.63. The van der Waals surface area contributed by atoms with Gasteiger partial charge in [-0.15, -0.1) is 0 Å². The Kier molecular flexibility index (Phi) is 4.49. The largest absolute Gasteiger partial charge is 0.497 e. The molecule has 3 aromatic heterocycles. The summed E-state index contributed by atoms with van der Waals surface area (Å²) < 4.78 is 7.33. The molecule has 7 heteroatoms. The standard InChI is InChI=1S/C20H18N6O/c1-26-12-17(15-4-3-5-16(10-15)27-2)18-19(26)20(23-13-22-18)25-24-11-14-6-8-21-9-7-14/h3-13H,1-2H3,(H,22,23,25)/b24-11+. The number of methoxy groups -OCH3 is 1. The lowest BCUT2D eigenvalue weighted by Gasteiger charge is -2.04. The Bertz CT molecular complexity index is 1100. The zero-order chi connectivity index (χ0) is 18.6. The topological polar surface area (TPSA) is 77.2 Å². The third-order valence-electron chi connectivity index (χ3n) is 4.22. The van der Waals surface area contributed by atoms with Gasteiger partial charge in [0, 0.05) is 31.2 Å². The summed E-state index contributed by atoms with van der Waals surface area (Å²) >= 11 is 0. The van der Waals surface area contributed by atoms with Crippen molar-refractivity contribution in [1.82, 2.24) is 19.5 Å². The van der Waals surface area contributed by atoms with Crippen LogP contribution in [0.5, 0.6) is 5.75 Å². The van der Waals surface area contributed by atoms with Crippen LogP contribution < -0.4 is 10.2 Å². The van der Waals surface area contributed by atoms with Gasteiger partial charge in [0.25, 0.3) is 0 Å². The molecule has 0 unspecified atom stereocenters. The van der Waals surface area contributed by atoms with Crippen molar-refractivity contribution in [2.45, 2.75) is 0 Å². The molecule has 0 radical (unpaired) electrons. The molecular formula is C20H18N6O. The van der Waals surface area contributed by atoms with Crippen LogP contribution in [0.3, 0.4) is 0 Å². The van der Waals surface area contributed by atoms with Crippen molar-refractivity contribution in [3.63, 3.8) is 0 Å². The maximum atomic E-state index is 5.34. The van der Waals surface area contributed by atoms with Crippen molar-refractivity contribution in [2.24, 2.45) is 12.1 Å². The molecule has 0 saturated carbocycles. The van der Waals surface area contributed by atoms with Gasteiger partial charge in [-0.25, -0.2) is 9.97 Å². The van der Waals surface area contributed by atoms with E-state index < -0.39 is 0 Å². The molecule has 0 aliphatic rings. The first-order valence-corrected chi connectivity index (χ1v) is 8.40. The van der Waals surface area contributed by atoms with Gasteiger partial charge in [0.05, 0.1) is 13.3 Å². The molecule has 27 heavy (non-hydrogen) atoms. The summed E-state index contributed by atoms with van der Waals surface area (Å²) in [6.07, 6.45) is 8.74. The zero-order valence-corrected chi connectivity index (χ0v) is 15.0. The number of nitrogens with zero attached hydrogens (tertiary/aromatic N) is 5. The number of fused-ring (bicyclic) bond motifs is 1. The molecule has 4 rings (SSSR count). The van der Waals surface area contributed by atoms with E-state index in [1.165, 1.54) is 6.33 Å². The van der Waals surface area contributed by atoms with Crippen LogP contribution in [0.15, 0.2) is 66.4 Å². The van der Waals surface area contributed by atoms with Gasteiger partial charge in [0.15, 0.2) is 5.82 Å². The fourth-order valence-electron chi connectivity index (χ4n) is 2.93. The van der Waals surface area contributed by atoms with E-state index in [4.69, 9.17) is 4.74 Å². The van der Waals surface area contributed by atoms with Crippen LogP contribution in [0.2, 0.25) is 0 Å². The van der Waals surface area contributed by atoms with E-state index in [2.05, 4.69) is 25.5 Å². The van der Waals surface area contributed by atoms with Crippen molar-refractivity contribution in [3.05, 3.63) is 66.9 Å². The minimum Gasteiger partial charge on any atom is -0.497 e. The van der Waals surface area contributed by atoms with Gasteiger partial charge in [-0.3, -0.25) is 10.4 Å². The molecule has 0 atom stereocenters. The maximum Gasteiger partial charge on any atom is 0.174 e. The molecule has 0 bridgehead atoms. The number of benzene rings is 1. The van der Waals surface area contributed by atoms with Crippen LogP contribution in [0.1, 0.15) is 5.56 Å². The maximum absolute atomic E-state index is 5.34. The van der Waals surface area contributed by atoms with Crippen molar-refractivity contribution in [2.75, 3.05) is 12.5 Å². The molecule has 0 aliphatic heterocycles. The third kappa shape index (κ3) is 3.35. The Morgan fingerprint density at radius 2 is 2.00 bits per heavy atom. The highest BCUT2D eigenvalue weighted by molar-refractivity contribution is 5.98. The summed E-state index contributed by atoms with van der Waals surface area (Å²) in [6, 6.07) is 11.7. The molecule has 134 valence electrons. The highest BCUT2D eigenvalue weighted by Crippen LogP contribution is 2.32. The van der Waals surface area contributed by atoms with Gasteiger partial charge >= 0.3 is 0 Å². The van der Waals surface area contributed by atoms with Crippen molar-refractivity contribution >= 4 is 23.1 Å². The lowest BCUT2D eigenvalue weighted by molar-refractivity contribution is 0.415. The molecule has 1 N–H and O–H groups in total. The quantitative estimate of drug-likeness (QED) is 0.436. The molecule has 0 fully saturated rings. The van der Waals surface area contributed by atoms with E-state index in [-0.39, 0.29) is 0 Å². The van der Waals surface area contributed by atoms with Gasteiger partial charge in [0.2, 0.25) is 0 Å². The van der Waals surface area contributed by atoms with Gasteiger partial charge in [0.1, 0.15) is 23.1 Å². The molecule has 4 aromatic rings. The predicted molar refractivity (Wildman–Crippen MR) is 106 cm³/mol. The number of rotatable bonds is 5. The van der Waals surface area contributed by atoms with E-state index in [9.17, 15) is 0 Å². The number of hydrogen-bond donors (Lipinski definition) is 1. The summed E-state index contributed by atoms with van der Waals surface area (Å²) in [4.78, 5) is 12.8. The van der Waals surface area contributed by atoms with Gasteiger partial charge < -0.3 is 9.30 Å². The summed E-state index contributed by atoms with van der Waals surface area (Å²) in [6.45, 7) is 0. The second-order valence-corrected chi connectivity index (χ2v) is 5.96. The first-order valence-electron chi connectivity index (χ1n) is 8.40. The number of aryl methyl sites for hydroxylation is 1. The molecule has 3 heterocycles. The van der Waals surface area contributed by atoms with E-state index in [1.807, 2.05) is 54.2 Å². The van der Waals surface area contributed by atoms with E-state index >= 15 is 0 Å². The summed E-state index contributed by atoms with van der Waals surface area (Å²) in [5.41, 5.74) is 7.74. The van der Waals surface area contributed by atoms with Gasteiger partial charge in [-0.2, -0.15) is 5.10 Å². The highest BCUT2D eigenvalue weighted by atomic mass is 16.5. The first kappa shape index (κ1) is 16.7. The van der Waals surface area contributed by atoms with Crippen LogP contribution in [0, 0.1) is 0 Å². The smallest absolute Gasteiger partial charge is 0.174 e. The first-order chi connectivity index (χ1) is 13.3. The van der Waals surface area contributed by atoms with Crippen LogP contribution in [-0.4, -0.2) is 32.8 Å². The number of anilines is 1. The number of pyridine rings is 1. The second-order valence-electron chi connectivity index (χ2n) is 5.96. The highest BCUT2D eigenvalue weighted by Gasteiger charge is 2.14. The van der Waals surface area contributed by atoms with Crippen LogP contribution in [0.4, 0.5) is 5.82 Å². The van der Waals surface area contributed by atoms with Crippen LogP contribution in [-0.2, 0) is 7.05 Å². The van der Waals surface area contributed by atoms with Crippen LogP contribution >= 0.6 is 0 Å². The lowest BCUT2D eigenvalue weighted by Crippen LogP contribution is -1.98. The number of hydrazone groups is 1. The third-order valence-corrected chi connectivity index (χ3v) is 4.22. The van der Waals surface area contributed by atoms with Gasteiger partial charge in [-0.05, 0) is 35.4 Å². The van der Waals surface area contributed by atoms with Crippen molar-refractivity contribution in [1.29, 1.82) is 0 Å². The van der Waals surface area contributed by atoms with Gasteiger partial charge in [-0.1, -0.05) is 12.1 Å². The van der Waals surface area contributed by atoms with E-state index in [0.29, 0.717) is 5.82 Å². The Morgan fingerprint density at radius 3 is 2.81 bits per heavy atom. The SMILES string of the molecule is COc1cccc(-c2cn(C)c3c(N/N=C/c4ccncc4)ncnc23)c1. The summed E-state index contributed by atoms with van der Waals surface area (Å²) in [5.74, 6) is 1.45. The fourth-order valence-corrected chi connectivity index (χ4v) is 2.93. The molecule has 0 aliphatic carbocycles. The number of hydrogen-bond acceptors (Lipinski definition) is 6. The molecule has 0 saturated heterocycles. The predicted octanol–water partition coefficient (Wildman–Crippen LogP) is 3.48. The Labute approximate surface area is 156 Å². The minimum atomic E-state index is 0.641. The lowest BCUT2D eigenvalue weighted by atomic mass is 10.1. The molecule has 1 aromatic carbocycles. The fraction of sp³-hybridized carbons (Fsp3) is 0.100. The monoisotopic (exact) mass is 358 g/mol. The molecule has 0 spiro atoms. The second kappa shape index (κ2) is 7.25. The number of ether oxygens (including phenoxy) is 1. The number of aromatic nitrogens is 4.